The molecule has 156 valence electrons. The van der Waals surface area contributed by atoms with Gasteiger partial charge < -0.3 is 9.32 Å². The molecule has 5 nitrogen and oxygen atoms in total. The van der Waals surface area contributed by atoms with Gasteiger partial charge >= 0.3 is 0 Å². The van der Waals surface area contributed by atoms with E-state index in [1.807, 2.05) is 17.2 Å². The molecule has 2 aromatic carbocycles. The zero-order valence-electron chi connectivity index (χ0n) is 17.0. The summed E-state index contributed by atoms with van der Waals surface area (Å²) < 4.78 is 18.9. The van der Waals surface area contributed by atoms with E-state index in [0.29, 0.717) is 24.6 Å². The molecule has 1 fully saturated rings. The number of benzene rings is 2. The number of para-hydroxylation sites is 1. The summed E-state index contributed by atoms with van der Waals surface area (Å²) in [6.45, 7) is 3.68. The van der Waals surface area contributed by atoms with Crippen LogP contribution in [0.4, 0.5) is 4.39 Å². The van der Waals surface area contributed by atoms with Gasteiger partial charge in [0.2, 0.25) is 0 Å². The molecule has 6 heteroatoms. The highest BCUT2D eigenvalue weighted by molar-refractivity contribution is 5.92. The van der Waals surface area contributed by atoms with E-state index >= 15 is 0 Å². The minimum absolute atomic E-state index is 0.111. The van der Waals surface area contributed by atoms with E-state index in [9.17, 15) is 9.18 Å². The maximum absolute atomic E-state index is 13.1. The number of hydrogen-bond acceptors (Lipinski definition) is 4. The topological polar surface area (TPSA) is 49.6 Å². The summed E-state index contributed by atoms with van der Waals surface area (Å²) in [6.07, 6.45) is 1.83. The van der Waals surface area contributed by atoms with E-state index in [1.165, 1.54) is 17.7 Å². The first kappa shape index (κ1) is 19.5. The Kier molecular flexibility index (Phi) is 5.22. The Morgan fingerprint density at radius 3 is 2.52 bits per heavy atom. The molecular formula is C25H22FN3O2. The maximum Gasteiger partial charge on any atom is 0.289 e. The fourth-order valence-electron chi connectivity index (χ4n) is 4.02. The van der Waals surface area contributed by atoms with Crippen molar-refractivity contribution in [1.82, 2.24) is 14.8 Å². The lowest BCUT2D eigenvalue weighted by Gasteiger charge is -2.34. The number of furan rings is 1. The van der Waals surface area contributed by atoms with Crippen molar-refractivity contribution < 1.29 is 13.6 Å². The van der Waals surface area contributed by atoms with Crippen molar-refractivity contribution in [2.75, 3.05) is 26.2 Å². The largest absolute Gasteiger partial charge is 0.451 e. The van der Waals surface area contributed by atoms with E-state index in [2.05, 4.69) is 34.1 Å². The first-order valence-electron chi connectivity index (χ1n) is 10.4. The van der Waals surface area contributed by atoms with E-state index < -0.39 is 0 Å². The van der Waals surface area contributed by atoms with Crippen molar-refractivity contribution in [1.29, 1.82) is 0 Å². The maximum atomic E-state index is 13.1. The van der Waals surface area contributed by atoms with Crippen LogP contribution in [0.3, 0.4) is 0 Å². The van der Waals surface area contributed by atoms with Crippen molar-refractivity contribution >= 4 is 16.8 Å². The van der Waals surface area contributed by atoms with Gasteiger partial charge in [0.05, 0.1) is 5.52 Å². The Labute approximate surface area is 179 Å². The highest BCUT2D eigenvalue weighted by atomic mass is 19.1. The van der Waals surface area contributed by atoms with Gasteiger partial charge in [-0.3, -0.25) is 14.7 Å². The standard InChI is InChI=1S/C25H22FN3O2/c26-21-8-6-18(7-9-21)22-10-11-23(31-22)25(30)29-15-13-28(14-16-29)17-20-4-1-3-19-5-2-12-27-24(19)20/h1-12H,13-17H2. The Bertz CT molecular complexity index is 1210. The lowest BCUT2D eigenvalue weighted by Crippen LogP contribution is -2.48. The lowest BCUT2D eigenvalue weighted by molar-refractivity contribution is 0.0599. The number of halogens is 1. The number of carbonyl (C=O) groups is 1. The van der Waals surface area contributed by atoms with Crippen molar-refractivity contribution in [3.8, 4) is 11.3 Å². The molecule has 0 saturated carbocycles. The Morgan fingerprint density at radius 2 is 1.71 bits per heavy atom. The molecule has 0 atom stereocenters. The van der Waals surface area contributed by atoms with Gasteiger partial charge in [-0.05, 0) is 48.0 Å². The first-order chi connectivity index (χ1) is 15.2. The predicted molar refractivity (Wildman–Crippen MR) is 117 cm³/mol. The average Bonchev–Trinajstić information content (AvgIpc) is 3.30. The molecule has 1 aliphatic heterocycles. The van der Waals surface area contributed by atoms with Crippen LogP contribution < -0.4 is 0 Å². The van der Waals surface area contributed by atoms with Crippen LogP contribution in [0.2, 0.25) is 0 Å². The van der Waals surface area contributed by atoms with Gasteiger partial charge in [-0.25, -0.2) is 4.39 Å². The molecule has 0 N–H and O–H groups in total. The highest BCUT2D eigenvalue weighted by Crippen LogP contribution is 2.24. The fraction of sp³-hybridized carbons (Fsp3) is 0.200. The number of fused-ring (bicyclic) bond motifs is 1. The number of hydrogen-bond donors (Lipinski definition) is 0. The number of nitrogens with zero attached hydrogens (tertiary/aromatic N) is 3. The van der Waals surface area contributed by atoms with Crippen molar-refractivity contribution in [2.45, 2.75) is 6.54 Å². The first-order valence-corrected chi connectivity index (χ1v) is 10.4. The summed E-state index contributed by atoms with van der Waals surface area (Å²) in [7, 11) is 0. The van der Waals surface area contributed by atoms with Crippen molar-refractivity contribution in [3.05, 3.63) is 90.1 Å². The molecule has 0 bridgehead atoms. The molecule has 5 rings (SSSR count). The monoisotopic (exact) mass is 415 g/mol. The molecule has 2 aromatic heterocycles. The van der Waals surface area contributed by atoms with E-state index in [0.717, 1.165) is 36.1 Å². The predicted octanol–water partition coefficient (Wildman–Crippen LogP) is 4.59. The molecule has 1 amide bonds. The summed E-state index contributed by atoms with van der Waals surface area (Å²) >= 11 is 0. The Balaban J connectivity index is 1.22. The number of carbonyl (C=O) groups excluding carboxylic acids is 1. The normalized spacial score (nSPS) is 14.8. The number of rotatable bonds is 4. The Morgan fingerprint density at radius 1 is 0.935 bits per heavy atom. The van der Waals surface area contributed by atoms with E-state index in [1.54, 1.807) is 24.3 Å². The van der Waals surface area contributed by atoms with Crippen LogP contribution in [0.1, 0.15) is 16.1 Å². The highest BCUT2D eigenvalue weighted by Gasteiger charge is 2.24. The van der Waals surface area contributed by atoms with Crippen LogP contribution in [0.25, 0.3) is 22.2 Å². The molecule has 4 aromatic rings. The summed E-state index contributed by atoms with van der Waals surface area (Å²) in [5, 5.41) is 1.14. The molecule has 3 heterocycles. The van der Waals surface area contributed by atoms with Crippen LogP contribution in [0.5, 0.6) is 0 Å². The quantitative estimate of drug-likeness (QED) is 0.489. The molecular weight excluding hydrogens is 393 g/mol. The third-order valence-electron chi connectivity index (χ3n) is 5.72. The molecule has 0 radical (unpaired) electrons. The average molecular weight is 415 g/mol. The minimum atomic E-state index is -0.302. The number of pyridine rings is 1. The smallest absolute Gasteiger partial charge is 0.289 e. The fourth-order valence-corrected chi connectivity index (χ4v) is 4.02. The van der Waals surface area contributed by atoms with Gasteiger partial charge in [-0.15, -0.1) is 0 Å². The zero-order chi connectivity index (χ0) is 21.2. The van der Waals surface area contributed by atoms with Gasteiger partial charge in [0.25, 0.3) is 5.91 Å². The van der Waals surface area contributed by atoms with E-state index in [4.69, 9.17) is 4.42 Å². The van der Waals surface area contributed by atoms with Crippen LogP contribution in [-0.2, 0) is 6.54 Å². The van der Waals surface area contributed by atoms with Crippen LogP contribution in [0, 0.1) is 5.82 Å². The second kappa shape index (κ2) is 8.32. The van der Waals surface area contributed by atoms with Gasteiger partial charge in [-0.2, -0.15) is 0 Å². The SMILES string of the molecule is O=C(c1ccc(-c2ccc(F)cc2)o1)N1CCN(Cc2cccc3cccnc23)CC1. The number of aromatic nitrogens is 1. The number of amides is 1. The summed E-state index contributed by atoms with van der Waals surface area (Å²) in [6, 6.07) is 19.8. The summed E-state index contributed by atoms with van der Waals surface area (Å²) in [5.74, 6) is 0.458. The van der Waals surface area contributed by atoms with Crippen molar-refractivity contribution in [2.24, 2.45) is 0 Å². The zero-order valence-corrected chi connectivity index (χ0v) is 17.0. The van der Waals surface area contributed by atoms with Crippen LogP contribution >= 0.6 is 0 Å². The minimum Gasteiger partial charge on any atom is -0.451 e. The number of piperazine rings is 1. The third kappa shape index (κ3) is 4.07. The lowest BCUT2D eigenvalue weighted by atomic mass is 10.1. The molecule has 31 heavy (non-hydrogen) atoms. The molecule has 0 aliphatic carbocycles. The van der Waals surface area contributed by atoms with Crippen molar-refractivity contribution in [3.63, 3.8) is 0 Å². The second-order valence-corrected chi connectivity index (χ2v) is 7.73. The molecule has 1 saturated heterocycles. The molecule has 0 spiro atoms. The van der Waals surface area contributed by atoms with E-state index in [-0.39, 0.29) is 11.7 Å². The second-order valence-electron chi connectivity index (χ2n) is 7.73. The summed E-state index contributed by atoms with van der Waals surface area (Å²) in [5.41, 5.74) is 2.98. The van der Waals surface area contributed by atoms with Gasteiger partial charge in [0, 0.05) is 49.9 Å². The summed E-state index contributed by atoms with van der Waals surface area (Å²) in [4.78, 5) is 21.6. The van der Waals surface area contributed by atoms with Crippen LogP contribution in [-0.4, -0.2) is 46.9 Å². The molecule has 0 unspecified atom stereocenters. The van der Waals surface area contributed by atoms with Crippen LogP contribution in [0.15, 0.2) is 77.3 Å². The van der Waals surface area contributed by atoms with Gasteiger partial charge in [0.1, 0.15) is 11.6 Å². The molecule has 1 aliphatic rings. The van der Waals surface area contributed by atoms with Gasteiger partial charge in [-0.1, -0.05) is 24.3 Å². The Hall–Kier alpha value is -3.51. The van der Waals surface area contributed by atoms with Gasteiger partial charge in [0.15, 0.2) is 5.76 Å². The third-order valence-corrected chi connectivity index (χ3v) is 5.72.